The van der Waals surface area contributed by atoms with Gasteiger partial charge in [0.25, 0.3) is 0 Å². The highest BCUT2D eigenvalue weighted by molar-refractivity contribution is 6.19. The lowest BCUT2D eigenvalue weighted by atomic mass is 10.1. The van der Waals surface area contributed by atoms with E-state index in [0.717, 1.165) is 11.1 Å². The second-order valence-electron chi connectivity index (χ2n) is 4.77. The van der Waals surface area contributed by atoms with Crippen LogP contribution in [0.15, 0.2) is 66.4 Å². The SMILES string of the molecule is Cc1ccc(/C=C2/C=C(c3ccccc3)C(=O)O2)cc1. The number of allylic oxidation sites excluding steroid dienone is 1. The van der Waals surface area contributed by atoms with Gasteiger partial charge in [0.15, 0.2) is 0 Å². The smallest absolute Gasteiger partial charge is 0.344 e. The molecule has 0 saturated heterocycles. The van der Waals surface area contributed by atoms with E-state index in [2.05, 4.69) is 0 Å². The molecule has 0 saturated carbocycles. The summed E-state index contributed by atoms with van der Waals surface area (Å²) in [6.07, 6.45) is 3.66. The third-order valence-corrected chi connectivity index (χ3v) is 3.19. The predicted molar refractivity (Wildman–Crippen MR) is 79.7 cm³/mol. The third kappa shape index (κ3) is 2.54. The van der Waals surface area contributed by atoms with Gasteiger partial charge in [-0.25, -0.2) is 4.79 Å². The van der Waals surface area contributed by atoms with Crippen LogP contribution >= 0.6 is 0 Å². The Morgan fingerprint density at radius 1 is 0.950 bits per heavy atom. The van der Waals surface area contributed by atoms with Crippen molar-refractivity contribution in [3.05, 3.63) is 83.1 Å². The minimum atomic E-state index is -0.297. The molecule has 20 heavy (non-hydrogen) atoms. The molecule has 2 aromatic rings. The van der Waals surface area contributed by atoms with Crippen molar-refractivity contribution in [3.63, 3.8) is 0 Å². The molecule has 0 bridgehead atoms. The summed E-state index contributed by atoms with van der Waals surface area (Å²) in [6.45, 7) is 2.04. The maximum atomic E-state index is 11.9. The number of carbonyl (C=O) groups excluding carboxylic acids is 1. The van der Waals surface area contributed by atoms with Crippen molar-refractivity contribution in [1.29, 1.82) is 0 Å². The molecule has 2 nitrogen and oxygen atoms in total. The van der Waals surface area contributed by atoms with Crippen molar-refractivity contribution >= 4 is 17.6 Å². The molecule has 1 heterocycles. The van der Waals surface area contributed by atoms with Gasteiger partial charge >= 0.3 is 5.97 Å². The number of rotatable bonds is 2. The molecule has 98 valence electrons. The first-order valence-electron chi connectivity index (χ1n) is 6.50. The van der Waals surface area contributed by atoms with Crippen LogP contribution in [0.3, 0.4) is 0 Å². The van der Waals surface area contributed by atoms with Crippen LogP contribution in [0.2, 0.25) is 0 Å². The van der Waals surface area contributed by atoms with E-state index in [4.69, 9.17) is 4.74 Å². The zero-order valence-electron chi connectivity index (χ0n) is 11.2. The minimum Gasteiger partial charge on any atom is -0.423 e. The molecule has 0 amide bonds. The van der Waals surface area contributed by atoms with E-state index in [-0.39, 0.29) is 5.97 Å². The molecule has 2 aromatic carbocycles. The topological polar surface area (TPSA) is 26.3 Å². The number of aryl methyl sites for hydroxylation is 1. The van der Waals surface area contributed by atoms with E-state index in [1.54, 1.807) is 6.08 Å². The lowest BCUT2D eigenvalue weighted by molar-refractivity contribution is -0.131. The van der Waals surface area contributed by atoms with Crippen LogP contribution < -0.4 is 0 Å². The Hall–Kier alpha value is -2.61. The summed E-state index contributed by atoms with van der Waals surface area (Å²) in [4.78, 5) is 11.9. The average Bonchev–Trinajstić information content (AvgIpc) is 2.83. The van der Waals surface area contributed by atoms with Crippen molar-refractivity contribution in [2.75, 3.05) is 0 Å². The number of hydrogen-bond donors (Lipinski definition) is 0. The Morgan fingerprint density at radius 3 is 2.35 bits per heavy atom. The fraction of sp³-hybridized carbons (Fsp3) is 0.0556. The number of cyclic esters (lactones) is 1. The van der Waals surface area contributed by atoms with Crippen molar-refractivity contribution < 1.29 is 9.53 Å². The first kappa shape index (κ1) is 12.4. The van der Waals surface area contributed by atoms with Gasteiger partial charge in [-0.1, -0.05) is 60.2 Å². The Bertz CT molecular complexity index is 692. The second-order valence-corrected chi connectivity index (χ2v) is 4.77. The minimum absolute atomic E-state index is 0.297. The molecule has 1 aliphatic rings. The van der Waals surface area contributed by atoms with Gasteiger partial charge in [-0.3, -0.25) is 0 Å². The summed E-state index contributed by atoms with van der Waals surface area (Å²) in [5.74, 6) is 0.285. The summed E-state index contributed by atoms with van der Waals surface area (Å²) in [5.41, 5.74) is 3.70. The Balaban J connectivity index is 1.92. The summed E-state index contributed by atoms with van der Waals surface area (Å²) >= 11 is 0. The molecular formula is C18H14O2. The molecule has 1 aliphatic heterocycles. The quantitative estimate of drug-likeness (QED) is 0.765. The van der Waals surface area contributed by atoms with Crippen LogP contribution in [0.25, 0.3) is 11.6 Å². The zero-order chi connectivity index (χ0) is 13.9. The number of carbonyl (C=O) groups is 1. The van der Waals surface area contributed by atoms with Crippen LogP contribution in [0, 0.1) is 6.92 Å². The molecule has 0 N–H and O–H groups in total. The van der Waals surface area contributed by atoms with Crippen LogP contribution in [0.1, 0.15) is 16.7 Å². The van der Waals surface area contributed by atoms with Gasteiger partial charge in [0.05, 0.1) is 5.57 Å². The number of esters is 1. The van der Waals surface area contributed by atoms with E-state index in [1.165, 1.54) is 5.56 Å². The maximum absolute atomic E-state index is 11.9. The fourth-order valence-corrected chi connectivity index (χ4v) is 2.11. The van der Waals surface area contributed by atoms with Crippen molar-refractivity contribution in [2.45, 2.75) is 6.92 Å². The molecule has 0 spiro atoms. The predicted octanol–water partition coefficient (Wildman–Crippen LogP) is 3.98. The zero-order valence-corrected chi connectivity index (χ0v) is 11.2. The van der Waals surface area contributed by atoms with E-state index in [1.807, 2.05) is 67.6 Å². The highest BCUT2D eigenvalue weighted by atomic mass is 16.5. The first-order chi connectivity index (χ1) is 9.72. The van der Waals surface area contributed by atoms with Gasteiger partial charge in [-0.15, -0.1) is 0 Å². The maximum Gasteiger partial charge on any atom is 0.344 e. The average molecular weight is 262 g/mol. The summed E-state index contributed by atoms with van der Waals surface area (Å²) in [7, 11) is 0. The number of benzene rings is 2. The Morgan fingerprint density at radius 2 is 1.65 bits per heavy atom. The molecule has 0 unspecified atom stereocenters. The summed E-state index contributed by atoms with van der Waals surface area (Å²) in [5, 5.41) is 0. The molecular weight excluding hydrogens is 248 g/mol. The van der Waals surface area contributed by atoms with Gasteiger partial charge in [0.2, 0.25) is 0 Å². The van der Waals surface area contributed by atoms with E-state index in [0.29, 0.717) is 11.3 Å². The highest BCUT2D eigenvalue weighted by Crippen LogP contribution is 2.27. The number of hydrogen-bond acceptors (Lipinski definition) is 2. The normalized spacial score (nSPS) is 16.1. The van der Waals surface area contributed by atoms with Crippen LogP contribution in [-0.2, 0) is 9.53 Å². The molecule has 0 fully saturated rings. The van der Waals surface area contributed by atoms with Gasteiger partial charge in [-0.2, -0.15) is 0 Å². The van der Waals surface area contributed by atoms with E-state index in [9.17, 15) is 4.79 Å². The Labute approximate surface area is 118 Å². The van der Waals surface area contributed by atoms with Crippen LogP contribution in [-0.4, -0.2) is 5.97 Å². The molecule has 0 radical (unpaired) electrons. The molecule has 0 aliphatic carbocycles. The standard InChI is InChI=1S/C18H14O2/c1-13-7-9-14(10-8-13)11-16-12-17(18(19)20-16)15-5-3-2-4-6-15/h2-12H,1H3/b16-11-. The monoisotopic (exact) mass is 262 g/mol. The molecule has 2 heteroatoms. The second kappa shape index (κ2) is 5.17. The number of ether oxygens (including phenoxy) is 1. The van der Waals surface area contributed by atoms with Gasteiger partial charge in [-0.05, 0) is 30.2 Å². The first-order valence-corrected chi connectivity index (χ1v) is 6.50. The van der Waals surface area contributed by atoms with E-state index < -0.39 is 0 Å². The fourth-order valence-electron chi connectivity index (χ4n) is 2.11. The lowest BCUT2D eigenvalue weighted by Crippen LogP contribution is -1.97. The van der Waals surface area contributed by atoms with Crippen molar-refractivity contribution in [1.82, 2.24) is 0 Å². The molecule has 0 aromatic heterocycles. The van der Waals surface area contributed by atoms with E-state index >= 15 is 0 Å². The van der Waals surface area contributed by atoms with Crippen LogP contribution in [0.4, 0.5) is 0 Å². The van der Waals surface area contributed by atoms with Crippen molar-refractivity contribution in [2.24, 2.45) is 0 Å². The van der Waals surface area contributed by atoms with Gasteiger partial charge in [0, 0.05) is 0 Å². The van der Waals surface area contributed by atoms with Gasteiger partial charge in [0.1, 0.15) is 5.76 Å². The molecule has 0 atom stereocenters. The Kier molecular flexibility index (Phi) is 3.21. The van der Waals surface area contributed by atoms with Gasteiger partial charge < -0.3 is 4.74 Å². The largest absolute Gasteiger partial charge is 0.423 e. The lowest BCUT2D eigenvalue weighted by Gasteiger charge is -1.98. The van der Waals surface area contributed by atoms with Crippen LogP contribution in [0.5, 0.6) is 0 Å². The summed E-state index contributed by atoms with van der Waals surface area (Å²) < 4.78 is 5.29. The summed E-state index contributed by atoms with van der Waals surface area (Å²) in [6, 6.07) is 17.6. The molecule has 3 rings (SSSR count). The third-order valence-electron chi connectivity index (χ3n) is 3.19. The van der Waals surface area contributed by atoms with Crippen molar-refractivity contribution in [3.8, 4) is 0 Å². The highest BCUT2D eigenvalue weighted by Gasteiger charge is 2.22.